The first kappa shape index (κ1) is 23.2. The SMILES string of the molecule is COc1ccc(CC(=O)N2CCCN(C(=O)c3ccc(OC)c(OC)c3)CC2)cc1OC. The molecule has 1 heterocycles. The molecule has 2 aromatic carbocycles. The monoisotopic (exact) mass is 442 g/mol. The molecule has 0 aromatic heterocycles. The minimum absolute atomic E-state index is 0.0256. The highest BCUT2D eigenvalue weighted by Crippen LogP contribution is 2.29. The predicted octanol–water partition coefficient (Wildman–Crippen LogP) is 2.64. The molecule has 0 bridgehead atoms. The molecule has 0 atom stereocenters. The van der Waals surface area contributed by atoms with Crippen molar-refractivity contribution in [2.45, 2.75) is 12.8 Å². The van der Waals surface area contributed by atoms with Gasteiger partial charge in [0.15, 0.2) is 23.0 Å². The van der Waals surface area contributed by atoms with Crippen LogP contribution in [0.1, 0.15) is 22.3 Å². The number of hydrogen-bond donors (Lipinski definition) is 0. The Bertz CT molecular complexity index is 962. The first-order chi connectivity index (χ1) is 15.5. The van der Waals surface area contributed by atoms with Gasteiger partial charge in [0, 0.05) is 31.7 Å². The maximum atomic E-state index is 13.0. The molecule has 0 radical (unpaired) electrons. The summed E-state index contributed by atoms with van der Waals surface area (Å²) in [5.41, 5.74) is 1.39. The molecule has 8 nitrogen and oxygen atoms in total. The van der Waals surface area contributed by atoms with Gasteiger partial charge in [0.25, 0.3) is 5.91 Å². The Morgan fingerprint density at radius 3 is 1.94 bits per heavy atom. The summed E-state index contributed by atoms with van der Waals surface area (Å²) in [7, 11) is 6.25. The molecule has 32 heavy (non-hydrogen) atoms. The van der Waals surface area contributed by atoms with Crippen LogP contribution in [-0.2, 0) is 11.2 Å². The third kappa shape index (κ3) is 5.25. The van der Waals surface area contributed by atoms with Crippen molar-refractivity contribution in [3.8, 4) is 23.0 Å². The summed E-state index contributed by atoms with van der Waals surface area (Å²) >= 11 is 0. The van der Waals surface area contributed by atoms with E-state index >= 15 is 0 Å². The minimum atomic E-state index is -0.0832. The zero-order valence-corrected chi connectivity index (χ0v) is 19.1. The van der Waals surface area contributed by atoms with E-state index in [9.17, 15) is 9.59 Å². The lowest BCUT2D eigenvalue weighted by Gasteiger charge is -2.23. The van der Waals surface area contributed by atoms with Crippen LogP contribution < -0.4 is 18.9 Å². The zero-order valence-electron chi connectivity index (χ0n) is 19.1. The van der Waals surface area contributed by atoms with Gasteiger partial charge in [-0.2, -0.15) is 0 Å². The maximum absolute atomic E-state index is 13.0. The van der Waals surface area contributed by atoms with E-state index in [1.807, 2.05) is 17.0 Å². The highest BCUT2D eigenvalue weighted by Gasteiger charge is 2.24. The van der Waals surface area contributed by atoms with E-state index in [0.717, 1.165) is 12.0 Å². The maximum Gasteiger partial charge on any atom is 0.254 e. The summed E-state index contributed by atoms with van der Waals surface area (Å²) < 4.78 is 21.1. The lowest BCUT2D eigenvalue weighted by molar-refractivity contribution is -0.130. The molecule has 2 aromatic rings. The van der Waals surface area contributed by atoms with Gasteiger partial charge in [0.2, 0.25) is 5.91 Å². The Hall–Kier alpha value is -3.42. The summed E-state index contributed by atoms with van der Waals surface area (Å²) in [5, 5.41) is 0. The summed E-state index contributed by atoms with van der Waals surface area (Å²) in [4.78, 5) is 29.5. The third-order valence-electron chi connectivity index (χ3n) is 5.57. The third-order valence-corrected chi connectivity index (χ3v) is 5.57. The molecule has 0 saturated carbocycles. The molecule has 1 saturated heterocycles. The van der Waals surface area contributed by atoms with E-state index in [1.165, 1.54) is 0 Å². The number of benzene rings is 2. The molecule has 172 valence electrons. The molecule has 0 unspecified atom stereocenters. The number of carbonyl (C=O) groups is 2. The number of nitrogens with zero attached hydrogens (tertiary/aromatic N) is 2. The number of ether oxygens (including phenoxy) is 4. The fraction of sp³-hybridized carbons (Fsp3) is 0.417. The van der Waals surface area contributed by atoms with Crippen molar-refractivity contribution in [3.63, 3.8) is 0 Å². The first-order valence-electron chi connectivity index (χ1n) is 10.5. The van der Waals surface area contributed by atoms with Crippen molar-refractivity contribution in [2.75, 3.05) is 54.6 Å². The average molecular weight is 443 g/mol. The lowest BCUT2D eigenvalue weighted by atomic mass is 10.1. The van der Waals surface area contributed by atoms with Crippen LogP contribution in [0.15, 0.2) is 36.4 Å². The Kier molecular flexibility index (Phi) is 7.81. The largest absolute Gasteiger partial charge is 0.493 e. The van der Waals surface area contributed by atoms with Crippen LogP contribution in [0.25, 0.3) is 0 Å². The fourth-order valence-corrected chi connectivity index (χ4v) is 3.80. The molecule has 0 N–H and O–H groups in total. The van der Waals surface area contributed by atoms with E-state index in [2.05, 4.69) is 0 Å². The molecule has 0 aliphatic carbocycles. The van der Waals surface area contributed by atoms with Gasteiger partial charge >= 0.3 is 0 Å². The van der Waals surface area contributed by atoms with Crippen LogP contribution in [0.4, 0.5) is 0 Å². The Morgan fingerprint density at radius 1 is 0.719 bits per heavy atom. The molecule has 1 aliphatic rings. The van der Waals surface area contributed by atoms with E-state index in [1.54, 1.807) is 57.6 Å². The second-order valence-electron chi connectivity index (χ2n) is 7.46. The highest BCUT2D eigenvalue weighted by molar-refractivity contribution is 5.95. The van der Waals surface area contributed by atoms with Crippen LogP contribution in [0.3, 0.4) is 0 Å². The Labute approximate surface area is 188 Å². The average Bonchev–Trinajstić information content (AvgIpc) is 3.09. The van der Waals surface area contributed by atoms with Crippen molar-refractivity contribution in [2.24, 2.45) is 0 Å². The van der Waals surface area contributed by atoms with Gasteiger partial charge in [-0.25, -0.2) is 0 Å². The van der Waals surface area contributed by atoms with Crippen molar-refractivity contribution >= 4 is 11.8 Å². The summed E-state index contributed by atoms with van der Waals surface area (Å²) in [6.45, 7) is 2.17. The molecular formula is C24H30N2O6. The number of carbonyl (C=O) groups excluding carboxylic acids is 2. The summed E-state index contributed by atoms with van der Waals surface area (Å²) in [5.74, 6) is 2.26. The van der Waals surface area contributed by atoms with Crippen LogP contribution in [0.5, 0.6) is 23.0 Å². The van der Waals surface area contributed by atoms with Crippen molar-refractivity contribution < 1.29 is 28.5 Å². The van der Waals surface area contributed by atoms with Crippen LogP contribution in [-0.4, -0.2) is 76.2 Å². The van der Waals surface area contributed by atoms with Gasteiger partial charge in [0.05, 0.1) is 34.9 Å². The molecule has 0 spiro atoms. The van der Waals surface area contributed by atoms with Gasteiger partial charge in [-0.15, -0.1) is 0 Å². The van der Waals surface area contributed by atoms with Crippen molar-refractivity contribution in [1.82, 2.24) is 9.80 Å². The van der Waals surface area contributed by atoms with Crippen molar-refractivity contribution in [1.29, 1.82) is 0 Å². The molecule has 8 heteroatoms. The first-order valence-corrected chi connectivity index (χ1v) is 10.5. The van der Waals surface area contributed by atoms with Gasteiger partial charge in [-0.05, 0) is 42.3 Å². The van der Waals surface area contributed by atoms with E-state index in [-0.39, 0.29) is 18.2 Å². The zero-order chi connectivity index (χ0) is 23.1. The lowest BCUT2D eigenvalue weighted by Crippen LogP contribution is -2.38. The van der Waals surface area contributed by atoms with Gasteiger partial charge in [0.1, 0.15) is 0 Å². The molecular weight excluding hydrogens is 412 g/mol. The summed E-state index contributed by atoms with van der Waals surface area (Å²) in [6.07, 6.45) is 0.987. The second-order valence-corrected chi connectivity index (χ2v) is 7.46. The quantitative estimate of drug-likeness (QED) is 0.656. The fourth-order valence-electron chi connectivity index (χ4n) is 3.80. The van der Waals surface area contributed by atoms with Crippen LogP contribution in [0.2, 0.25) is 0 Å². The molecule has 1 fully saturated rings. The molecule has 3 rings (SSSR count). The molecule has 1 aliphatic heterocycles. The van der Waals surface area contributed by atoms with Gasteiger partial charge in [-0.1, -0.05) is 6.07 Å². The summed E-state index contributed by atoms with van der Waals surface area (Å²) in [6, 6.07) is 10.6. The smallest absolute Gasteiger partial charge is 0.254 e. The standard InChI is InChI=1S/C24H30N2O6/c1-29-19-8-6-17(14-21(19)31-3)15-23(27)25-10-5-11-26(13-12-25)24(28)18-7-9-20(30-2)22(16-18)32-4/h6-9,14,16H,5,10-13,15H2,1-4H3. The van der Waals surface area contributed by atoms with E-state index in [0.29, 0.717) is 54.7 Å². The van der Waals surface area contributed by atoms with Gasteiger partial charge in [-0.3, -0.25) is 9.59 Å². The number of hydrogen-bond acceptors (Lipinski definition) is 6. The number of rotatable bonds is 7. The van der Waals surface area contributed by atoms with E-state index < -0.39 is 0 Å². The van der Waals surface area contributed by atoms with E-state index in [4.69, 9.17) is 18.9 Å². The van der Waals surface area contributed by atoms with Gasteiger partial charge < -0.3 is 28.7 Å². The predicted molar refractivity (Wildman–Crippen MR) is 120 cm³/mol. The highest BCUT2D eigenvalue weighted by atomic mass is 16.5. The second kappa shape index (κ2) is 10.7. The van der Waals surface area contributed by atoms with Crippen LogP contribution in [0, 0.1) is 0 Å². The van der Waals surface area contributed by atoms with Crippen LogP contribution >= 0.6 is 0 Å². The van der Waals surface area contributed by atoms with Crippen molar-refractivity contribution in [3.05, 3.63) is 47.5 Å². The molecule has 2 amide bonds. The Morgan fingerprint density at radius 2 is 1.28 bits per heavy atom. The minimum Gasteiger partial charge on any atom is -0.493 e. The number of methoxy groups -OCH3 is 4. The topological polar surface area (TPSA) is 77.5 Å². The normalized spacial score (nSPS) is 13.9. The number of amides is 2. The Balaban J connectivity index is 1.63.